The lowest BCUT2D eigenvalue weighted by atomic mass is 9.48. The van der Waals surface area contributed by atoms with E-state index in [9.17, 15) is 10.1 Å². The zero-order valence-corrected chi connectivity index (χ0v) is 19.0. The van der Waals surface area contributed by atoms with Gasteiger partial charge in [0.15, 0.2) is 0 Å². The fourth-order valence-electron chi connectivity index (χ4n) is 6.93. The molecule has 2 aromatic carbocycles. The minimum Gasteiger partial charge on any atom is -0.455 e. The molecule has 3 aromatic rings. The maximum absolute atomic E-state index is 11.4. The fourth-order valence-corrected chi connectivity index (χ4v) is 7.10. The van der Waals surface area contributed by atoms with Gasteiger partial charge in [-0.2, -0.15) is 0 Å². The van der Waals surface area contributed by atoms with E-state index >= 15 is 0 Å². The molecule has 4 fully saturated rings. The van der Waals surface area contributed by atoms with Crippen LogP contribution < -0.4 is 0 Å². The summed E-state index contributed by atoms with van der Waals surface area (Å²) in [7, 11) is 0. The third-order valence-electron chi connectivity index (χ3n) is 7.91. The summed E-state index contributed by atoms with van der Waals surface area (Å²) in [6.45, 7) is 0. The highest BCUT2D eigenvalue weighted by Crippen LogP contribution is 2.60. The second kappa shape index (κ2) is 7.84. The quantitative estimate of drug-likeness (QED) is 0.222. The highest BCUT2D eigenvalue weighted by Gasteiger charge is 2.51. The Morgan fingerprint density at radius 3 is 2.27 bits per heavy atom. The van der Waals surface area contributed by atoms with E-state index in [4.69, 9.17) is 16.0 Å². The lowest BCUT2D eigenvalue weighted by molar-refractivity contribution is -0.384. The molecule has 6 heteroatoms. The zero-order chi connectivity index (χ0) is 22.6. The number of hydrogen-bond donors (Lipinski definition) is 0. The molecule has 0 atom stereocenters. The van der Waals surface area contributed by atoms with Crippen LogP contribution in [0.1, 0.15) is 49.8 Å². The first-order chi connectivity index (χ1) is 16.0. The molecule has 0 unspecified atom stereocenters. The van der Waals surface area contributed by atoms with Gasteiger partial charge >= 0.3 is 0 Å². The van der Waals surface area contributed by atoms with E-state index in [2.05, 4.69) is 29.3 Å². The molecule has 4 bridgehead atoms. The van der Waals surface area contributed by atoms with E-state index in [0.29, 0.717) is 27.5 Å². The second-order valence-electron chi connectivity index (χ2n) is 10.1. The van der Waals surface area contributed by atoms with Crippen LogP contribution in [-0.2, 0) is 5.41 Å². The van der Waals surface area contributed by atoms with Crippen LogP contribution in [0.4, 0.5) is 11.4 Å². The van der Waals surface area contributed by atoms with Crippen molar-refractivity contribution in [2.45, 2.75) is 43.9 Å². The number of furan rings is 1. The number of hydrogen-bond acceptors (Lipinski definition) is 4. The van der Waals surface area contributed by atoms with Crippen molar-refractivity contribution in [2.75, 3.05) is 0 Å². The molecule has 4 aliphatic carbocycles. The number of nitro groups is 1. The summed E-state index contributed by atoms with van der Waals surface area (Å²) in [6.07, 6.45) is 10.1. The summed E-state index contributed by atoms with van der Waals surface area (Å²) in [5.74, 6) is 3.74. The largest absolute Gasteiger partial charge is 0.455 e. The summed E-state index contributed by atoms with van der Waals surface area (Å²) in [5.41, 5.74) is 3.06. The molecule has 5 nitrogen and oxygen atoms in total. The zero-order valence-electron chi connectivity index (χ0n) is 18.2. The number of nitrogens with zero attached hydrogens (tertiary/aromatic N) is 2. The van der Waals surface area contributed by atoms with Gasteiger partial charge in [0.1, 0.15) is 11.5 Å². The van der Waals surface area contributed by atoms with E-state index in [0.717, 1.165) is 23.4 Å². The van der Waals surface area contributed by atoms with Gasteiger partial charge in [-0.15, -0.1) is 0 Å². The number of halogens is 1. The van der Waals surface area contributed by atoms with Crippen LogP contribution in [-0.4, -0.2) is 11.1 Å². The van der Waals surface area contributed by atoms with Crippen LogP contribution in [0.3, 0.4) is 0 Å². The molecule has 0 spiro atoms. The van der Waals surface area contributed by atoms with Crippen LogP contribution in [0, 0.1) is 27.9 Å². The number of benzene rings is 2. The van der Waals surface area contributed by atoms with Gasteiger partial charge in [-0.25, -0.2) is 0 Å². The standard InChI is InChI=1S/C27H25ClN2O3/c28-21-3-7-24(25(12-21)30(31)32)26-8-6-23(33-26)16-29-22-4-1-20(2-5-22)27-13-17-9-18(14-27)11-19(10-17)15-27/h1-8,12,16-19H,9-11,13-15H2. The SMILES string of the molecule is O=[N+]([O-])c1cc(Cl)ccc1-c1ccc(C=Nc2ccc(C34CC5CC(CC(C5)C3)C4)cc2)o1. The Morgan fingerprint density at radius 2 is 1.64 bits per heavy atom. The highest BCUT2D eigenvalue weighted by molar-refractivity contribution is 6.30. The monoisotopic (exact) mass is 460 g/mol. The lowest BCUT2D eigenvalue weighted by Gasteiger charge is -2.57. The van der Waals surface area contributed by atoms with Gasteiger partial charge in [-0.3, -0.25) is 15.1 Å². The Hall–Kier alpha value is -2.92. The maximum Gasteiger partial charge on any atom is 0.281 e. The van der Waals surface area contributed by atoms with Crippen LogP contribution >= 0.6 is 11.6 Å². The summed E-state index contributed by atoms with van der Waals surface area (Å²) in [5, 5.41) is 11.7. The molecule has 4 aliphatic rings. The van der Waals surface area contributed by atoms with Gasteiger partial charge in [0.2, 0.25) is 0 Å². The van der Waals surface area contributed by atoms with E-state index in [-0.39, 0.29) is 5.69 Å². The predicted octanol–water partition coefficient (Wildman–Crippen LogP) is 7.73. The molecule has 0 amide bonds. The third-order valence-corrected chi connectivity index (χ3v) is 8.14. The van der Waals surface area contributed by atoms with Gasteiger partial charge in [0.05, 0.1) is 22.4 Å². The van der Waals surface area contributed by atoms with Crippen LogP contribution in [0.25, 0.3) is 11.3 Å². The molecule has 4 saturated carbocycles. The average molecular weight is 461 g/mol. The first-order valence-electron chi connectivity index (χ1n) is 11.7. The Balaban J connectivity index is 1.20. The summed E-state index contributed by atoms with van der Waals surface area (Å²) < 4.78 is 5.81. The van der Waals surface area contributed by atoms with Gasteiger partial charge < -0.3 is 4.42 Å². The normalized spacial score (nSPS) is 28.0. The van der Waals surface area contributed by atoms with Crippen LogP contribution in [0.2, 0.25) is 5.02 Å². The molecule has 1 aromatic heterocycles. The van der Waals surface area contributed by atoms with Gasteiger partial charge in [-0.05, 0) is 104 Å². The minimum absolute atomic E-state index is 0.0828. The van der Waals surface area contributed by atoms with Gasteiger partial charge in [-0.1, -0.05) is 23.7 Å². The maximum atomic E-state index is 11.4. The summed E-state index contributed by atoms with van der Waals surface area (Å²) in [4.78, 5) is 15.5. The Labute approximate surface area is 197 Å². The molecule has 0 N–H and O–H groups in total. The van der Waals surface area contributed by atoms with Crippen molar-refractivity contribution in [3.05, 3.63) is 81.1 Å². The number of rotatable bonds is 5. The first-order valence-corrected chi connectivity index (χ1v) is 12.0. The summed E-state index contributed by atoms with van der Waals surface area (Å²) >= 11 is 5.91. The van der Waals surface area contributed by atoms with Crippen LogP contribution in [0.15, 0.2) is 64.0 Å². The molecular formula is C27H25ClN2O3. The molecule has 168 valence electrons. The highest BCUT2D eigenvalue weighted by atomic mass is 35.5. The van der Waals surface area contributed by atoms with E-state index in [1.807, 2.05) is 0 Å². The Morgan fingerprint density at radius 1 is 0.970 bits per heavy atom. The van der Waals surface area contributed by atoms with E-state index in [1.54, 1.807) is 30.5 Å². The van der Waals surface area contributed by atoms with Crippen molar-refractivity contribution >= 4 is 29.2 Å². The molecule has 0 radical (unpaired) electrons. The minimum atomic E-state index is -0.456. The van der Waals surface area contributed by atoms with Crippen molar-refractivity contribution in [3.8, 4) is 11.3 Å². The molecule has 1 heterocycles. The number of aliphatic imine (C=N–C) groups is 1. The predicted molar refractivity (Wildman–Crippen MR) is 129 cm³/mol. The molecule has 33 heavy (non-hydrogen) atoms. The van der Waals surface area contributed by atoms with Gasteiger partial charge in [0, 0.05) is 11.1 Å². The second-order valence-corrected chi connectivity index (χ2v) is 10.6. The molecule has 0 aliphatic heterocycles. The fraction of sp³-hybridized carbons (Fsp3) is 0.370. The van der Waals surface area contributed by atoms with E-state index in [1.165, 1.54) is 50.2 Å². The Bertz CT molecular complexity index is 1210. The average Bonchev–Trinajstić information content (AvgIpc) is 3.26. The molecule has 0 saturated heterocycles. The third kappa shape index (κ3) is 3.78. The van der Waals surface area contributed by atoms with Gasteiger partial charge in [0.25, 0.3) is 5.69 Å². The summed E-state index contributed by atoms with van der Waals surface area (Å²) in [6, 6.07) is 16.8. The molecular weight excluding hydrogens is 436 g/mol. The van der Waals surface area contributed by atoms with Crippen molar-refractivity contribution in [1.29, 1.82) is 0 Å². The first kappa shape index (κ1) is 20.7. The smallest absolute Gasteiger partial charge is 0.281 e. The van der Waals surface area contributed by atoms with Crippen LogP contribution in [0.5, 0.6) is 0 Å². The van der Waals surface area contributed by atoms with Crippen molar-refractivity contribution in [2.24, 2.45) is 22.7 Å². The topological polar surface area (TPSA) is 68.6 Å². The van der Waals surface area contributed by atoms with Crippen molar-refractivity contribution in [3.63, 3.8) is 0 Å². The Kier molecular flexibility index (Phi) is 4.91. The van der Waals surface area contributed by atoms with Crippen molar-refractivity contribution < 1.29 is 9.34 Å². The lowest BCUT2D eigenvalue weighted by Crippen LogP contribution is -2.48. The van der Waals surface area contributed by atoms with Crippen molar-refractivity contribution in [1.82, 2.24) is 0 Å². The molecule has 7 rings (SSSR count). The van der Waals surface area contributed by atoms with E-state index < -0.39 is 4.92 Å². The number of nitro benzene ring substituents is 1.